The highest BCUT2D eigenvalue weighted by atomic mass is 79.9. The van der Waals surface area contributed by atoms with E-state index in [2.05, 4.69) is 78.3 Å². The van der Waals surface area contributed by atoms with Crippen LogP contribution in [0.4, 0.5) is 0 Å². The zero-order valence-corrected chi connectivity index (χ0v) is 12.2. The first-order chi connectivity index (χ1) is 8.65. The van der Waals surface area contributed by atoms with Gasteiger partial charge >= 0.3 is 0 Å². The fourth-order valence-electron chi connectivity index (χ4n) is 2.45. The average Bonchev–Trinajstić information content (AvgIpc) is 2.71. The molecule has 1 aliphatic rings. The molecule has 3 rings (SSSR count). The van der Waals surface area contributed by atoms with Crippen molar-refractivity contribution in [1.82, 2.24) is 0 Å². The van der Waals surface area contributed by atoms with Crippen LogP contribution in [0.2, 0.25) is 0 Å². The van der Waals surface area contributed by atoms with E-state index in [4.69, 9.17) is 0 Å². The summed E-state index contributed by atoms with van der Waals surface area (Å²) in [5.74, 6) is 0.531. The van der Waals surface area contributed by atoms with Crippen LogP contribution < -0.4 is 0 Å². The van der Waals surface area contributed by atoms with E-state index >= 15 is 0 Å². The molecule has 90 valence electrons. The standard InChI is InChI=1S/C17H15Br/c1-11-3-6-13(7-4-11)16-9-14-8-5-12(2)15(14)10-17(16)18/h3-10,12H,1-2H3. The molecule has 0 aromatic heterocycles. The summed E-state index contributed by atoms with van der Waals surface area (Å²) in [6.45, 7) is 4.35. The molecule has 0 N–H and O–H groups in total. The molecule has 1 aliphatic carbocycles. The fourth-order valence-corrected chi connectivity index (χ4v) is 3.04. The molecular weight excluding hydrogens is 284 g/mol. The largest absolute Gasteiger partial charge is 0.0767 e. The van der Waals surface area contributed by atoms with Gasteiger partial charge in [-0.3, -0.25) is 0 Å². The second-order valence-electron chi connectivity index (χ2n) is 4.97. The second-order valence-corrected chi connectivity index (χ2v) is 5.83. The molecule has 1 unspecified atom stereocenters. The first kappa shape index (κ1) is 11.7. The van der Waals surface area contributed by atoms with Crippen LogP contribution in [0, 0.1) is 6.92 Å². The third-order valence-corrected chi connectivity index (χ3v) is 4.25. The normalized spacial score (nSPS) is 16.9. The van der Waals surface area contributed by atoms with Gasteiger partial charge in [0.1, 0.15) is 0 Å². The van der Waals surface area contributed by atoms with Gasteiger partial charge in [0.15, 0.2) is 0 Å². The van der Waals surface area contributed by atoms with Crippen LogP contribution in [-0.4, -0.2) is 0 Å². The van der Waals surface area contributed by atoms with Crippen LogP contribution >= 0.6 is 15.9 Å². The lowest BCUT2D eigenvalue weighted by Crippen LogP contribution is -1.90. The molecule has 0 spiro atoms. The fraction of sp³-hybridized carbons (Fsp3) is 0.176. The lowest BCUT2D eigenvalue weighted by atomic mass is 9.97. The van der Waals surface area contributed by atoms with E-state index < -0.39 is 0 Å². The molecule has 18 heavy (non-hydrogen) atoms. The Kier molecular flexibility index (Phi) is 2.87. The van der Waals surface area contributed by atoms with Crippen molar-refractivity contribution in [2.24, 2.45) is 0 Å². The zero-order chi connectivity index (χ0) is 12.7. The monoisotopic (exact) mass is 298 g/mol. The lowest BCUT2D eigenvalue weighted by Gasteiger charge is -2.11. The highest BCUT2D eigenvalue weighted by Gasteiger charge is 2.15. The van der Waals surface area contributed by atoms with Crippen LogP contribution in [-0.2, 0) is 0 Å². The zero-order valence-electron chi connectivity index (χ0n) is 10.6. The molecule has 0 aliphatic heterocycles. The molecule has 1 atom stereocenters. The first-order valence-electron chi connectivity index (χ1n) is 6.24. The summed E-state index contributed by atoms with van der Waals surface area (Å²) in [6.07, 6.45) is 4.49. The third-order valence-electron chi connectivity index (χ3n) is 3.59. The minimum Gasteiger partial charge on any atom is -0.0767 e. The summed E-state index contributed by atoms with van der Waals surface area (Å²) in [5, 5.41) is 0. The Labute approximate surface area is 116 Å². The lowest BCUT2D eigenvalue weighted by molar-refractivity contribution is 0.989. The molecule has 0 radical (unpaired) electrons. The molecule has 0 saturated heterocycles. The van der Waals surface area contributed by atoms with Gasteiger partial charge < -0.3 is 0 Å². The van der Waals surface area contributed by atoms with Gasteiger partial charge in [0.2, 0.25) is 0 Å². The maximum Gasteiger partial charge on any atom is 0.0257 e. The highest BCUT2D eigenvalue weighted by Crippen LogP contribution is 2.37. The Bertz CT molecular complexity index is 621. The van der Waals surface area contributed by atoms with Crippen molar-refractivity contribution in [3.63, 3.8) is 0 Å². The SMILES string of the molecule is Cc1ccc(-c2cc3c(cc2Br)C(C)C=C3)cc1. The van der Waals surface area contributed by atoms with E-state index in [1.165, 1.54) is 32.3 Å². The molecule has 0 nitrogen and oxygen atoms in total. The summed E-state index contributed by atoms with van der Waals surface area (Å²) in [4.78, 5) is 0. The molecule has 0 fully saturated rings. The van der Waals surface area contributed by atoms with Crippen LogP contribution in [0.25, 0.3) is 17.2 Å². The molecule has 0 saturated carbocycles. The highest BCUT2D eigenvalue weighted by molar-refractivity contribution is 9.10. The van der Waals surface area contributed by atoms with Crippen molar-refractivity contribution >= 4 is 22.0 Å². The van der Waals surface area contributed by atoms with Gasteiger partial charge in [-0.05, 0) is 47.2 Å². The number of hydrogen-bond acceptors (Lipinski definition) is 0. The quantitative estimate of drug-likeness (QED) is 0.647. The maximum atomic E-state index is 3.70. The van der Waals surface area contributed by atoms with E-state index in [0.29, 0.717) is 5.92 Å². The second kappa shape index (κ2) is 4.40. The number of rotatable bonds is 1. The van der Waals surface area contributed by atoms with Gasteiger partial charge in [0.05, 0.1) is 0 Å². The molecule has 0 bridgehead atoms. The van der Waals surface area contributed by atoms with Crippen molar-refractivity contribution < 1.29 is 0 Å². The smallest absolute Gasteiger partial charge is 0.0257 e. The van der Waals surface area contributed by atoms with Crippen LogP contribution in [0.3, 0.4) is 0 Å². The summed E-state index contributed by atoms with van der Waals surface area (Å²) in [7, 11) is 0. The first-order valence-corrected chi connectivity index (χ1v) is 7.03. The Balaban J connectivity index is 2.13. The Morgan fingerprint density at radius 3 is 2.50 bits per heavy atom. The van der Waals surface area contributed by atoms with Crippen molar-refractivity contribution in [2.45, 2.75) is 19.8 Å². The predicted molar refractivity (Wildman–Crippen MR) is 81.8 cm³/mol. The van der Waals surface area contributed by atoms with Gasteiger partial charge in [-0.15, -0.1) is 0 Å². The number of allylic oxidation sites excluding steroid dienone is 1. The van der Waals surface area contributed by atoms with Gasteiger partial charge in [-0.1, -0.05) is 64.8 Å². The molecule has 0 heterocycles. The number of aryl methyl sites for hydroxylation is 1. The average molecular weight is 299 g/mol. The van der Waals surface area contributed by atoms with Crippen LogP contribution in [0.1, 0.15) is 29.5 Å². The molecule has 0 amide bonds. The number of hydrogen-bond donors (Lipinski definition) is 0. The Morgan fingerprint density at radius 1 is 1.06 bits per heavy atom. The van der Waals surface area contributed by atoms with Gasteiger partial charge in [-0.25, -0.2) is 0 Å². The van der Waals surface area contributed by atoms with E-state index in [0.717, 1.165) is 0 Å². The molecule has 2 aromatic carbocycles. The van der Waals surface area contributed by atoms with Crippen molar-refractivity contribution in [2.75, 3.05) is 0 Å². The van der Waals surface area contributed by atoms with E-state index in [1.54, 1.807) is 0 Å². The summed E-state index contributed by atoms with van der Waals surface area (Å²) < 4.78 is 1.18. The van der Waals surface area contributed by atoms with Crippen molar-refractivity contribution in [3.8, 4) is 11.1 Å². The minimum atomic E-state index is 0.531. The number of benzene rings is 2. The summed E-state index contributed by atoms with van der Waals surface area (Å²) in [6, 6.07) is 13.2. The van der Waals surface area contributed by atoms with Crippen molar-refractivity contribution in [1.29, 1.82) is 0 Å². The Morgan fingerprint density at radius 2 is 1.78 bits per heavy atom. The minimum absolute atomic E-state index is 0.531. The maximum absolute atomic E-state index is 3.70. The van der Waals surface area contributed by atoms with Crippen LogP contribution in [0.5, 0.6) is 0 Å². The summed E-state index contributed by atoms with van der Waals surface area (Å²) in [5.41, 5.74) is 6.60. The van der Waals surface area contributed by atoms with E-state index in [1.807, 2.05) is 0 Å². The molecule has 1 heteroatoms. The molecular formula is C17H15Br. The van der Waals surface area contributed by atoms with Gasteiger partial charge in [-0.2, -0.15) is 0 Å². The van der Waals surface area contributed by atoms with Crippen LogP contribution in [0.15, 0.2) is 46.9 Å². The summed E-state index contributed by atoms with van der Waals surface area (Å²) >= 11 is 3.70. The van der Waals surface area contributed by atoms with E-state index in [-0.39, 0.29) is 0 Å². The number of fused-ring (bicyclic) bond motifs is 1. The van der Waals surface area contributed by atoms with E-state index in [9.17, 15) is 0 Å². The number of halogens is 1. The topological polar surface area (TPSA) is 0 Å². The molecule has 2 aromatic rings. The third kappa shape index (κ3) is 1.93. The van der Waals surface area contributed by atoms with Gasteiger partial charge in [0.25, 0.3) is 0 Å². The van der Waals surface area contributed by atoms with Gasteiger partial charge in [0, 0.05) is 4.47 Å². The predicted octanol–water partition coefficient (Wildman–Crippen LogP) is 5.55. The van der Waals surface area contributed by atoms with Crippen molar-refractivity contribution in [3.05, 3.63) is 63.6 Å². The Hall–Kier alpha value is -1.34.